The van der Waals surface area contributed by atoms with Gasteiger partial charge in [0.1, 0.15) is 18.2 Å². The van der Waals surface area contributed by atoms with Gasteiger partial charge in [-0.3, -0.25) is 9.52 Å². The number of sulfonamides is 1. The van der Waals surface area contributed by atoms with Crippen LogP contribution in [-0.2, 0) is 10.0 Å². The second-order valence-corrected chi connectivity index (χ2v) is 12.7. The van der Waals surface area contributed by atoms with Crippen LogP contribution in [0.25, 0.3) is 5.65 Å². The first-order valence-corrected chi connectivity index (χ1v) is 15.9. The maximum atomic E-state index is 14.1. The number of halogens is 1. The molecule has 42 heavy (non-hydrogen) atoms. The summed E-state index contributed by atoms with van der Waals surface area (Å²) >= 11 is 6.26. The number of nitrogens with two attached hydrogens (primary N) is 1. The Morgan fingerprint density at radius 3 is 2.69 bits per heavy atom. The van der Waals surface area contributed by atoms with Crippen LogP contribution in [0.1, 0.15) is 41.0 Å². The summed E-state index contributed by atoms with van der Waals surface area (Å²) in [7, 11) is -3.66. The number of carbonyl (C=O) groups is 1. The first-order valence-electron chi connectivity index (χ1n) is 13.6. The lowest BCUT2D eigenvalue weighted by Crippen LogP contribution is -2.37. The molecule has 3 heterocycles. The van der Waals surface area contributed by atoms with Crippen molar-refractivity contribution >= 4 is 44.7 Å². The third kappa shape index (κ3) is 6.77. The van der Waals surface area contributed by atoms with Gasteiger partial charge in [0, 0.05) is 42.0 Å². The highest BCUT2D eigenvalue weighted by atomic mass is 35.5. The average Bonchev–Trinajstić information content (AvgIpc) is 3.56. The largest absolute Gasteiger partial charge is 0.492 e. The monoisotopic (exact) mass is 611 g/mol. The molecule has 1 aliphatic rings. The second kappa shape index (κ2) is 12.2. The lowest BCUT2D eigenvalue weighted by atomic mass is 10.1. The maximum Gasteiger partial charge on any atom is 0.256 e. The summed E-state index contributed by atoms with van der Waals surface area (Å²) in [5, 5.41) is 5.06. The summed E-state index contributed by atoms with van der Waals surface area (Å²) in [6.07, 6.45) is 3.86. The van der Waals surface area contributed by atoms with Crippen LogP contribution in [0.2, 0.25) is 5.02 Å². The number of anilines is 2. The fourth-order valence-electron chi connectivity index (χ4n) is 5.07. The van der Waals surface area contributed by atoms with Gasteiger partial charge in [-0.25, -0.2) is 17.9 Å². The number of aryl methyl sites for hydroxylation is 1. The van der Waals surface area contributed by atoms with Crippen LogP contribution in [0.15, 0.2) is 60.8 Å². The number of benzene rings is 2. The number of ether oxygens (including phenoxy) is 1. The Labute approximate surface area is 250 Å². The Bertz CT molecular complexity index is 1700. The van der Waals surface area contributed by atoms with Crippen LogP contribution in [0, 0.1) is 6.92 Å². The third-order valence-corrected chi connectivity index (χ3v) is 7.98. The molecule has 3 N–H and O–H groups in total. The highest BCUT2D eigenvalue weighted by Gasteiger charge is 2.28. The van der Waals surface area contributed by atoms with Gasteiger partial charge in [-0.2, -0.15) is 5.10 Å². The van der Waals surface area contributed by atoms with E-state index in [4.69, 9.17) is 32.2 Å². The van der Waals surface area contributed by atoms with Crippen LogP contribution in [0.4, 0.5) is 11.5 Å². The molecule has 13 heteroatoms. The van der Waals surface area contributed by atoms with E-state index in [0.717, 1.165) is 37.1 Å². The molecule has 1 aliphatic heterocycles. The summed E-state index contributed by atoms with van der Waals surface area (Å²) in [5.41, 5.74) is 8.61. The molecule has 2 aromatic heterocycles. The highest BCUT2D eigenvalue weighted by Crippen LogP contribution is 2.29. The third-order valence-electron chi connectivity index (χ3n) is 7.16. The van der Waals surface area contributed by atoms with E-state index >= 15 is 0 Å². The van der Waals surface area contributed by atoms with Gasteiger partial charge in [0.15, 0.2) is 5.65 Å². The van der Waals surface area contributed by atoms with Gasteiger partial charge in [0.2, 0.25) is 10.0 Å². The second-order valence-electron chi connectivity index (χ2n) is 10.5. The number of hydrogen-bond donors (Lipinski definition) is 2. The lowest BCUT2D eigenvalue weighted by molar-refractivity contribution is 0.0655. The van der Waals surface area contributed by atoms with Crippen molar-refractivity contribution in [2.45, 2.75) is 32.4 Å². The zero-order valence-corrected chi connectivity index (χ0v) is 25.3. The van der Waals surface area contributed by atoms with Crippen LogP contribution < -0.4 is 20.1 Å². The Morgan fingerprint density at radius 2 is 2.00 bits per heavy atom. The number of fused-ring (bicyclic) bond motifs is 1. The van der Waals surface area contributed by atoms with Crippen molar-refractivity contribution in [1.82, 2.24) is 19.5 Å². The minimum atomic E-state index is -3.66. The minimum Gasteiger partial charge on any atom is -0.492 e. The van der Waals surface area contributed by atoms with Crippen molar-refractivity contribution in [2.75, 3.05) is 42.1 Å². The summed E-state index contributed by atoms with van der Waals surface area (Å²) in [6.45, 7) is 5.83. The van der Waals surface area contributed by atoms with Crippen LogP contribution in [0.3, 0.4) is 0 Å². The van der Waals surface area contributed by atoms with E-state index in [1.165, 1.54) is 18.2 Å². The average molecular weight is 612 g/mol. The van der Waals surface area contributed by atoms with Crippen molar-refractivity contribution in [3.8, 4) is 5.75 Å². The number of carbonyl (C=O) groups excluding carboxylic acids is 1. The number of amides is 1. The molecule has 1 amide bonds. The number of aromatic nitrogens is 3. The number of nitrogens with zero attached hydrogens (tertiary/aromatic N) is 5. The number of para-hydroxylation sites is 1. The molecular formula is C29H34ClN7O4S. The number of hydrogen-bond acceptors (Lipinski definition) is 8. The summed E-state index contributed by atoms with van der Waals surface area (Å²) in [5.74, 6) is 1.11. The minimum absolute atomic E-state index is 0.116. The molecule has 1 saturated heterocycles. The van der Waals surface area contributed by atoms with E-state index in [1.54, 1.807) is 9.42 Å². The molecule has 0 spiro atoms. The van der Waals surface area contributed by atoms with Gasteiger partial charge >= 0.3 is 0 Å². The highest BCUT2D eigenvalue weighted by molar-refractivity contribution is 7.92. The predicted octanol–water partition coefficient (Wildman–Crippen LogP) is 3.88. The molecule has 0 bridgehead atoms. The molecule has 1 fully saturated rings. The Hall–Kier alpha value is -3.87. The Kier molecular flexibility index (Phi) is 8.58. The van der Waals surface area contributed by atoms with Crippen LogP contribution in [0.5, 0.6) is 5.75 Å². The molecule has 0 aliphatic carbocycles. The molecule has 0 unspecified atom stereocenters. The summed E-state index contributed by atoms with van der Waals surface area (Å²) < 4.78 is 34.2. The first-order chi connectivity index (χ1) is 20.0. The Balaban J connectivity index is 1.48. The summed E-state index contributed by atoms with van der Waals surface area (Å²) in [6, 6.07) is 15.2. The fraction of sp³-hybridized carbons (Fsp3) is 0.345. The molecule has 4 aromatic rings. The van der Waals surface area contributed by atoms with E-state index in [-0.39, 0.29) is 30.4 Å². The fourth-order valence-corrected chi connectivity index (χ4v) is 5.82. The van der Waals surface area contributed by atoms with Crippen molar-refractivity contribution in [2.24, 2.45) is 5.73 Å². The summed E-state index contributed by atoms with van der Waals surface area (Å²) in [4.78, 5) is 22.7. The number of nitrogens with one attached hydrogen (secondary N) is 1. The predicted molar refractivity (Wildman–Crippen MR) is 164 cm³/mol. The normalized spacial score (nSPS) is 16.0. The van der Waals surface area contributed by atoms with Gasteiger partial charge < -0.3 is 20.3 Å². The van der Waals surface area contributed by atoms with Gasteiger partial charge in [0.25, 0.3) is 5.91 Å². The quantitative estimate of drug-likeness (QED) is 0.276. The maximum absolute atomic E-state index is 14.1. The van der Waals surface area contributed by atoms with Crippen LogP contribution >= 0.6 is 11.6 Å². The van der Waals surface area contributed by atoms with E-state index in [0.29, 0.717) is 22.1 Å². The van der Waals surface area contributed by atoms with E-state index in [9.17, 15) is 13.2 Å². The molecule has 0 saturated carbocycles. The first kappa shape index (κ1) is 29.6. The van der Waals surface area contributed by atoms with Crippen molar-refractivity contribution in [3.05, 3.63) is 82.6 Å². The molecular weight excluding hydrogens is 578 g/mol. The van der Waals surface area contributed by atoms with Gasteiger partial charge in [-0.1, -0.05) is 29.8 Å². The van der Waals surface area contributed by atoms with Crippen molar-refractivity contribution in [1.29, 1.82) is 0 Å². The molecule has 0 radical (unpaired) electrons. The molecule has 222 valence electrons. The zero-order valence-electron chi connectivity index (χ0n) is 23.7. The van der Waals surface area contributed by atoms with Gasteiger partial charge in [0.05, 0.1) is 35.8 Å². The van der Waals surface area contributed by atoms with Gasteiger partial charge in [-0.05, 0) is 50.6 Å². The molecule has 2 atom stereocenters. The number of rotatable bonds is 10. The van der Waals surface area contributed by atoms with E-state index < -0.39 is 22.0 Å². The molecule has 11 nitrogen and oxygen atoms in total. The standard InChI is InChI=1S/C29H34ClN7O4S/c1-19-17-37-27(32-28(19)35-12-11-22(31)18-35)16-26(33-37)20(2)36(13-14-41-23-7-5-4-6-8-23)29(38)24-15-21(30)9-10-25(24)34-42(3,39)40/h4-10,15-17,20,22,34H,11-14,18,31H2,1-3H3/t20-,22-/m0/s1. The van der Waals surface area contributed by atoms with Crippen molar-refractivity contribution in [3.63, 3.8) is 0 Å². The topological polar surface area (TPSA) is 135 Å². The van der Waals surface area contributed by atoms with Gasteiger partial charge in [-0.15, -0.1) is 0 Å². The Morgan fingerprint density at radius 1 is 1.24 bits per heavy atom. The lowest BCUT2D eigenvalue weighted by Gasteiger charge is -2.29. The molecule has 2 aromatic carbocycles. The van der Waals surface area contributed by atoms with Crippen LogP contribution in [-0.4, -0.2) is 72.4 Å². The SMILES string of the molecule is Cc1cn2nc([C@H](C)N(CCOc3ccccc3)C(=O)c3cc(Cl)ccc3NS(C)(=O)=O)cc2nc1N1CC[C@H](N)C1. The van der Waals surface area contributed by atoms with E-state index in [2.05, 4.69) is 9.62 Å². The molecule has 5 rings (SSSR count). The smallest absolute Gasteiger partial charge is 0.256 e. The van der Waals surface area contributed by atoms with Crippen molar-refractivity contribution < 1.29 is 17.9 Å². The van der Waals surface area contributed by atoms with E-state index in [1.807, 2.05) is 56.4 Å². The zero-order chi connectivity index (χ0) is 30.0.